The van der Waals surface area contributed by atoms with Crippen molar-refractivity contribution in [3.05, 3.63) is 90.6 Å². The van der Waals surface area contributed by atoms with Gasteiger partial charge in [0.1, 0.15) is 12.4 Å². The van der Waals surface area contributed by atoms with Gasteiger partial charge in [-0.15, -0.1) is 10.1 Å². The van der Waals surface area contributed by atoms with Crippen LogP contribution in [0.5, 0.6) is 0 Å². The van der Waals surface area contributed by atoms with Gasteiger partial charge in [-0.05, 0) is 0 Å². The molecule has 28 heavy (non-hydrogen) atoms. The van der Waals surface area contributed by atoms with Gasteiger partial charge in [0.05, 0.1) is 28.6 Å². The number of rotatable bonds is 2. The molecule has 0 aliphatic rings. The van der Waals surface area contributed by atoms with E-state index >= 15 is 0 Å². The van der Waals surface area contributed by atoms with Gasteiger partial charge in [0.2, 0.25) is 0 Å². The van der Waals surface area contributed by atoms with E-state index < -0.39 is 15.3 Å². The maximum Gasteiger partial charge on any atom is 0.291 e. The number of imidazole rings is 2. The topological polar surface area (TPSA) is 261 Å². The second-order valence-electron chi connectivity index (χ2n) is 3.96. The molecule has 0 aliphatic carbocycles. The maximum absolute atomic E-state index is 8.36. The Morgan fingerprint density at radius 1 is 0.821 bits per heavy atom. The van der Waals surface area contributed by atoms with E-state index in [2.05, 4.69) is 19.9 Å². The molecule has 0 atom stereocenters. The Bertz CT molecular complexity index is 763. The lowest BCUT2D eigenvalue weighted by Gasteiger charge is -1.93. The number of aromatic amines is 2. The van der Waals surface area contributed by atoms with Crippen LogP contribution in [-0.2, 0) is 0 Å². The van der Waals surface area contributed by atoms with Gasteiger partial charge in [0, 0.05) is 0 Å². The monoisotopic (exact) mass is 401 g/mol. The molecule has 0 saturated heterocycles. The summed E-state index contributed by atoms with van der Waals surface area (Å²) in [6.07, 6.45) is 12.7. The fraction of sp³-hybridized carbons (Fsp3) is 0. The highest BCUT2D eigenvalue weighted by molar-refractivity contribution is 5.18. The smallest absolute Gasteiger partial charge is 0.291 e. The number of aromatic nitrogens is 6. The molecule has 3 rings (SSSR count). The molecular weight excluding hydrogens is 390 g/mol. The highest BCUT2D eigenvalue weighted by Gasteiger charge is 2.12. The number of H-pyrrole nitrogens is 2. The predicted octanol–water partition coefficient (Wildman–Crippen LogP) is -1.14. The van der Waals surface area contributed by atoms with Crippen LogP contribution in [0.25, 0.3) is 11.6 Å². The minimum atomic E-state index is -1.75. The van der Waals surface area contributed by atoms with Crippen LogP contribution in [0.3, 0.4) is 0 Å². The first-order valence-corrected chi connectivity index (χ1v) is 6.50. The van der Waals surface area contributed by atoms with Crippen LogP contribution in [0.15, 0.2) is 49.8 Å². The average molecular weight is 401 g/mol. The van der Waals surface area contributed by atoms with Crippen LogP contribution < -0.4 is 9.13 Å². The Hall–Kier alpha value is -4.90. The van der Waals surface area contributed by atoms with Gasteiger partial charge in [-0.1, -0.05) is 9.97 Å². The second-order valence-corrected chi connectivity index (χ2v) is 3.96. The minimum absolute atomic E-state index is 0.819. The maximum atomic E-state index is 8.36. The van der Waals surface area contributed by atoms with Crippen LogP contribution in [0, 0.1) is 40.8 Å². The second kappa shape index (κ2) is 12.5. The van der Waals surface area contributed by atoms with Crippen molar-refractivity contribution in [2.24, 2.45) is 0 Å². The van der Waals surface area contributed by atoms with Gasteiger partial charge in [-0.2, -0.15) is 0 Å². The largest absolute Gasteiger partial charge is 0.356 e. The summed E-state index contributed by atoms with van der Waals surface area (Å²) in [5.41, 5.74) is 0. The highest BCUT2D eigenvalue weighted by atomic mass is 16.9. The predicted molar refractivity (Wildman–Crippen MR) is 83.3 cm³/mol. The number of hydrogen-bond donors (Lipinski definition) is 3. The third-order valence-electron chi connectivity index (χ3n) is 2.26. The van der Waals surface area contributed by atoms with Crippen molar-refractivity contribution in [2.75, 3.05) is 0 Å². The van der Waals surface area contributed by atoms with Crippen molar-refractivity contribution in [2.45, 2.75) is 0 Å². The Morgan fingerprint density at radius 2 is 1.14 bits per heavy atom. The van der Waals surface area contributed by atoms with Gasteiger partial charge in [0.25, 0.3) is 23.0 Å². The third kappa shape index (κ3) is 11.6. The normalized spacial score (nSPS) is 8.57. The minimum Gasteiger partial charge on any atom is -0.356 e. The van der Waals surface area contributed by atoms with Crippen molar-refractivity contribution in [1.29, 1.82) is 0 Å². The molecule has 0 spiro atoms. The summed E-state index contributed by atoms with van der Waals surface area (Å²) >= 11 is 0. The van der Waals surface area contributed by atoms with Crippen molar-refractivity contribution >= 4 is 0 Å². The molecule has 0 radical (unpaired) electrons. The summed E-state index contributed by atoms with van der Waals surface area (Å²) < 4.78 is 3.77. The lowest BCUT2D eigenvalue weighted by atomic mass is 10.5. The van der Waals surface area contributed by atoms with Gasteiger partial charge >= 0.3 is 0 Å². The van der Waals surface area contributed by atoms with Crippen LogP contribution in [0.1, 0.15) is 0 Å². The van der Waals surface area contributed by atoms with Crippen molar-refractivity contribution in [1.82, 2.24) is 19.9 Å². The zero-order valence-corrected chi connectivity index (χ0v) is 13.5. The van der Waals surface area contributed by atoms with Crippen molar-refractivity contribution in [3.63, 3.8) is 0 Å². The molecule has 18 nitrogen and oxygen atoms in total. The van der Waals surface area contributed by atoms with E-state index in [1.54, 1.807) is 6.33 Å². The fourth-order valence-corrected chi connectivity index (χ4v) is 1.48. The summed E-state index contributed by atoms with van der Waals surface area (Å²) in [4.78, 5) is 39.2. The molecule has 0 aromatic carbocycles. The summed E-state index contributed by atoms with van der Waals surface area (Å²) in [5.74, 6) is 1.64. The van der Waals surface area contributed by atoms with E-state index in [9.17, 15) is 0 Å². The summed E-state index contributed by atoms with van der Waals surface area (Å²) in [6, 6.07) is 1.90. The summed E-state index contributed by atoms with van der Waals surface area (Å²) in [5, 5.41) is 43.1. The van der Waals surface area contributed by atoms with E-state index in [0.29, 0.717) is 0 Å². The van der Waals surface area contributed by atoms with Gasteiger partial charge in [0.15, 0.2) is 12.7 Å². The zero-order valence-electron chi connectivity index (χ0n) is 13.5. The average Bonchev–Trinajstić information content (AvgIpc) is 3.28. The molecule has 3 aromatic heterocycles. The first-order chi connectivity index (χ1) is 13.1. The number of hydrogen-bond acceptors (Lipinski definition) is 10. The Balaban J connectivity index is 0.000000506. The highest BCUT2D eigenvalue weighted by Crippen LogP contribution is 1.96. The van der Waals surface area contributed by atoms with Crippen molar-refractivity contribution in [3.8, 4) is 11.6 Å². The SMILES string of the molecule is O=[N+]([O-])O.O=[N+]([O-])[O-].O=[N+]([O-])[O-].c1nc(-[n+]2cc[nH]c2)cc(-[n+]2cc[nH]c2)n1. The molecule has 3 heterocycles. The first-order valence-electron chi connectivity index (χ1n) is 6.50. The van der Waals surface area contributed by atoms with E-state index in [-0.39, 0.29) is 0 Å². The molecule has 3 aromatic rings. The van der Waals surface area contributed by atoms with Gasteiger partial charge in [-0.25, -0.2) is 9.13 Å². The zero-order chi connectivity index (χ0) is 21.5. The van der Waals surface area contributed by atoms with Crippen LogP contribution >= 0.6 is 0 Å². The van der Waals surface area contributed by atoms with Crippen LogP contribution in [-0.4, -0.2) is 40.4 Å². The van der Waals surface area contributed by atoms with Crippen molar-refractivity contribution < 1.29 is 29.6 Å². The van der Waals surface area contributed by atoms with E-state index in [1.807, 2.05) is 52.6 Å². The standard InChI is InChI=1S/C10H8N6.HNO3.2NO3/c1-3-15(7-11-1)9-5-10(14-6-13-9)16-4-2-12-8-16;3*2-1(3)4/h1-8H;(H,2,3,4);;/q;;2*-1/p+2. The number of nitrogens with zero attached hydrogens (tertiary/aromatic N) is 7. The molecule has 0 amide bonds. The van der Waals surface area contributed by atoms with Gasteiger partial charge in [-0.3, -0.25) is 9.97 Å². The lowest BCUT2D eigenvalue weighted by Crippen LogP contribution is -2.33. The third-order valence-corrected chi connectivity index (χ3v) is 2.26. The molecule has 0 saturated carbocycles. The lowest BCUT2D eigenvalue weighted by molar-refractivity contribution is -0.742. The Morgan fingerprint density at radius 3 is 1.39 bits per heavy atom. The molecular formula is C10H11N9O9. The molecule has 3 N–H and O–H groups in total. The molecule has 150 valence electrons. The quantitative estimate of drug-likeness (QED) is 0.262. The Kier molecular flexibility index (Phi) is 10.3. The molecule has 0 fully saturated rings. The van der Waals surface area contributed by atoms with Crippen LogP contribution in [0.4, 0.5) is 0 Å². The molecule has 0 aliphatic heterocycles. The molecule has 18 heteroatoms. The van der Waals surface area contributed by atoms with E-state index in [4.69, 9.17) is 46.0 Å². The number of nitrogens with one attached hydrogen (secondary N) is 2. The first kappa shape index (κ1) is 23.1. The van der Waals surface area contributed by atoms with E-state index in [0.717, 1.165) is 11.6 Å². The fourth-order valence-electron chi connectivity index (χ4n) is 1.48. The molecule has 0 unspecified atom stereocenters. The molecule has 0 bridgehead atoms. The van der Waals surface area contributed by atoms with E-state index in [1.165, 1.54) is 0 Å². The summed E-state index contributed by atoms with van der Waals surface area (Å²) in [7, 11) is 0. The Labute approximate surface area is 152 Å². The van der Waals surface area contributed by atoms with Gasteiger partial charge < -0.3 is 35.9 Å². The van der Waals surface area contributed by atoms with Crippen LogP contribution in [0.2, 0.25) is 0 Å². The summed E-state index contributed by atoms with van der Waals surface area (Å²) in [6.45, 7) is 0.